The van der Waals surface area contributed by atoms with Crippen molar-refractivity contribution in [2.24, 2.45) is 4.99 Å². The van der Waals surface area contributed by atoms with Crippen LogP contribution in [-0.4, -0.2) is 23.0 Å². The van der Waals surface area contributed by atoms with Gasteiger partial charge < -0.3 is 4.74 Å². The number of benzene rings is 3. The minimum absolute atomic E-state index is 0.106. The summed E-state index contributed by atoms with van der Waals surface area (Å²) in [5.41, 5.74) is 4.16. The smallest absolute Gasteiger partial charge is 0.266 e. The van der Waals surface area contributed by atoms with Gasteiger partial charge in [0.05, 0.1) is 22.2 Å². The molecule has 1 saturated heterocycles. The Kier molecular flexibility index (Phi) is 6.39. The lowest BCUT2D eigenvalue weighted by Gasteiger charge is -2.10. The highest BCUT2D eigenvalue weighted by atomic mass is 32.2. The first-order valence-electron chi connectivity index (χ1n) is 10.1. The van der Waals surface area contributed by atoms with Crippen molar-refractivity contribution in [2.75, 3.05) is 7.05 Å². The summed E-state index contributed by atoms with van der Waals surface area (Å²) in [7, 11) is 1.73. The van der Waals surface area contributed by atoms with Gasteiger partial charge in [-0.25, -0.2) is 4.99 Å². The number of hydrogen-bond donors (Lipinski definition) is 0. The molecule has 1 heterocycles. The summed E-state index contributed by atoms with van der Waals surface area (Å²) >= 11 is 1.34. The minimum atomic E-state index is -0.106. The van der Waals surface area contributed by atoms with Gasteiger partial charge in [-0.2, -0.15) is 5.26 Å². The zero-order valence-electron chi connectivity index (χ0n) is 17.8. The highest BCUT2D eigenvalue weighted by molar-refractivity contribution is 8.18. The molecule has 0 atom stereocenters. The quantitative estimate of drug-likeness (QED) is 0.480. The van der Waals surface area contributed by atoms with Crippen molar-refractivity contribution >= 4 is 34.6 Å². The number of carbonyl (C=O) groups is 1. The third-order valence-electron chi connectivity index (χ3n) is 4.99. The van der Waals surface area contributed by atoms with E-state index in [1.165, 1.54) is 11.8 Å². The second-order valence-electron chi connectivity index (χ2n) is 7.30. The lowest BCUT2D eigenvalue weighted by Crippen LogP contribution is -2.23. The van der Waals surface area contributed by atoms with Gasteiger partial charge in [0.15, 0.2) is 5.17 Å². The molecule has 158 valence electrons. The van der Waals surface area contributed by atoms with Crippen molar-refractivity contribution in [3.05, 3.63) is 100.0 Å². The van der Waals surface area contributed by atoms with Crippen molar-refractivity contribution in [1.82, 2.24) is 4.90 Å². The summed E-state index contributed by atoms with van der Waals surface area (Å²) in [4.78, 5) is 19.6. The Labute approximate surface area is 191 Å². The molecule has 6 heteroatoms. The van der Waals surface area contributed by atoms with Crippen LogP contribution in [0.15, 0.2) is 82.7 Å². The van der Waals surface area contributed by atoms with Crippen molar-refractivity contribution in [3.63, 3.8) is 0 Å². The van der Waals surface area contributed by atoms with Crippen molar-refractivity contribution in [3.8, 4) is 11.8 Å². The number of aryl methyl sites for hydroxylation is 1. The number of carbonyl (C=O) groups excluding carboxylic acids is 1. The second-order valence-corrected chi connectivity index (χ2v) is 8.31. The Morgan fingerprint density at radius 3 is 2.56 bits per heavy atom. The van der Waals surface area contributed by atoms with Crippen LogP contribution in [0.4, 0.5) is 5.69 Å². The molecule has 0 bridgehead atoms. The highest BCUT2D eigenvalue weighted by Gasteiger charge is 2.30. The molecule has 1 fully saturated rings. The topological polar surface area (TPSA) is 65.7 Å². The summed E-state index contributed by atoms with van der Waals surface area (Å²) in [6.07, 6.45) is 1.83. The molecule has 1 aliphatic rings. The molecule has 0 radical (unpaired) electrons. The van der Waals surface area contributed by atoms with Crippen LogP contribution in [0.1, 0.15) is 22.3 Å². The molecule has 1 aliphatic heterocycles. The Hall–Kier alpha value is -3.82. The third-order valence-corrected chi connectivity index (χ3v) is 6.05. The number of para-hydroxylation sites is 1. The maximum Gasteiger partial charge on any atom is 0.266 e. The van der Waals surface area contributed by atoms with Gasteiger partial charge in [0.1, 0.15) is 12.4 Å². The Morgan fingerprint density at radius 1 is 1.06 bits per heavy atom. The Morgan fingerprint density at radius 2 is 1.78 bits per heavy atom. The number of nitrogens with zero attached hydrogens (tertiary/aromatic N) is 3. The fourth-order valence-corrected chi connectivity index (χ4v) is 4.14. The van der Waals surface area contributed by atoms with Crippen molar-refractivity contribution in [1.29, 1.82) is 5.26 Å². The van der Waals surface area contributed by atoms with E-state index in [2.05, 4.69) is 11.1 Å². The Balaban J connectivity index is 1.57. The van der Waals surface area contributed by atoms with Gasteiger partial charge in [0.25, 0.3) is 5.91 Å². The zero-order valence-corrected chi connectivity index (χ0v) is 18.6. The Bertz CT molecular complexity index is 1260. The van der Waals surface area contributed by atoms with E-state index in [0.29, 0.717) is 21.4 Å². The van der Waals surface area contributed by atoms with Crippen LogP contribution < -0.4 is 4.74 Å². The van der Waals surface area contributed by atoms with Crippen LogP contribution in [0.2, 0.25) is 0 Å². The molecule has 3 aromatic carbocycles. The molecular weight excluding hydrogens is 418 g/mol. The molecule has 4 rings (SSSR count). The predicted molar refractivity (Wildman–Crippen MR) is 129 cm³/mol. The number of ether oxygens (including phenoxy) is 1. The fourth-order valence-electron chi connectivity index (χ4n) is 3.16. The monoisotopic (exact) mass is 439 g/mol. The summed E-state index contributed by atoms with van der Waals surface area (Å²) in [5.74, 6) is 0.540. The summed E-state index contributed by atoms with van der Waals surface area (Å²) < 4.78 is 6.01. The maximum absolute atomic E-state index is 12.8. The molecule has 32 heavy (non-hydrogen) atoms. The number of amidine groups is 1. The third kappa shape index (κ3) is 4.74. The van der Waals surface area contributed by atoms with Crippen LogP contribution in [-0.2, 0) is 11.4 Å². The number of aliphatic imine (C=N–C) groups is 1. The van der Waals surface area contributed by atoms with E-state index < -0.39 is 0 Å². The fraction of sp³-hybridized carbons (Fsp3) is 0.115. The predicted octanol–water partition coefficient (Wildman–Crippen LogP) is 5.68. The van der Waals surface area contributed by atoms with E-state index in [1.54, 1.807) is 18.0 Å². The van der Waals surface area contributed by atoms with E-state index in [0.717, 1.165) is 22.4 Å². The molecule has 0 unspecified atom stereocenters. The van der Waals surface area contributed by atoms with Crippen LogP contribution in [0.25, 0.3) is 6.08 Å². The number of rotatable bonds is 5. The largest absolute Gasteiger partial charge is 0.488 e. The molecule has 0 saturated carbocycles. The van der Waals surface area contributed by atoms with Crippen LogP contribution in [0.3, 0.4) is 0 Å². The van der Waals surface area contributed by atoms with Crippen LogP contribution >= 0.6 is 11.8 Å². The van der Waals surface area contributed by atoms with Crippen molar-refractivity contribution in [2.45, 2.75) is 13.5 Å². The van der Waals surface area contributed by atoms with Crippen LogP contribution in [0, 0.1) is 18.3 Å². The van der Waals surface area contributed by atoms with Gasteiger partial charge in [0.2, 0.25) is 0 Å². The number of thioether (sulfide) groups is 1. The standard InChI is InChI=1S/C26H21N3O2S/c1-18-11-13-22(14-12-18)28-26-29(2)25(30)24(32-26)15-19-7-5-6-10-23(19)31-17-21-9-4-3-8-20(21)16-27/h3-15H,17H2,1-2H3/b24-15-,28-26?. The number of amides is 1. The lowest BCUT2D eigenvalue weighted by molar-refractivity contribution is -0.121. The molecule has 0 aliphatic carbocycles. The summed E-state index contributed by atoms with van der Waals surface area (Å²) in [6.45, 7) is 2.29. The summed E-state index contributed by atoms with van der Waals surface area (Å²) in [5, 5.41) is 9.92. The average molecular weight is 440 g/mol. The first-order valence-corrected chi connectivity index (χ1v) is 10.9. The normalized spacial score (nSPS) is 15.9. The minimum Gasteiger partial charge on any atom is -0.488 e. The van der Waals surface area contributed by atoms with E-state index in [4.69, 9.17) is 4.74 Å². The first-order chi connectivity index (χ1) is 15.5. The van der Waals surface area contributed by atoms with Gasteiger partial charge in [-0.05, 0) is 49.0 Å². The van der Waals surface area contributed by atoms with Gasteiger partial charge in [-0.15, -0.1) is 0 Å². The van der Waals surface area contributed by atoms with E-state index in [9.17, 15) is 10.1 Å². The van der Waals surface area contributed by atoms with Crippen LogP contribution in [0.5, 0.6) is 5.75 Å². The molecule has 5 nitrogen and oxygen atoms in total. The molecule has 3 aromatic rings. The second kappa shape index (κ2) is 9.54. The highest BCUT2D eigenvalue weighted by Crippen LogP contribution is 2.34. The SMILES string of the molecule is Cc1ccc(N=C2S/C(=C\c3ccccc3OCc3ccccc3C#N)C(=O)N2C)cc1. The summed E-state index contributed by atoms with van der Waals surface area (Å²) in [6, 6.07) is 24.9. The van der Waals surface area contributed by atoms with Crippen molar-refractivity contribution < 1.29 is 9.53 Å². The zero-order chi connectivity index (χ0) is 22.5. The number of nitriles is 1. The van der Waals surface area contributed by atoms with E-state index in [1.807, 2.05) is 79.7 Å². The van der Waals surface area contributed by atoms with Gasteiger partial charge in [-0.1, -0.05) is 54.1 Å². The van der Waals surface area contributed by atoms with Gasteiger partial charge in [-0.3, -0.25) is 9.69 Å². The average Bonchev–Trinajstić information content (AvgIpc) is 3.08. The lowest BCUT2D eigenvalue weighted by atomic mass is 10.1. The number of hydrogen-bond acceptors (Lipinski definition) is 5. The van der Waals surface area contributed by atoms with E-state index >= 15 is 0 Å². The van der Waals surface area contributed by atoms with E-state index in [-0.39, 0.29) is 12.5 Å². The molecule has 0 N–H and O–H groups in total. The molecule has 0 aromatic heterocycles. The van der Waals surface area contributed by atoms with Gasteiger partial charge >= 0.3 is 0 Å². The number of likely N-dealkylation sites (N-methyl/N-ethyl adjacent to an activating group) is 1. The molecule has 1 amide bonds. The first kappa shape index (κ1) is 21.4. The molecule has 0 spiro atoms. The molecular formula is C26H21N3O2S. The van der Waals surface area contributed by atoms with Gasteiger partial charge in [0, 0.05) is 18.2 Å². The maximum atomic E-state index is 12.8.